The zero-order chi connectivity index (χ0) is 65.2. The van der Waals surface area contributed by atoms with Gasteiger partial charge in [-0.1, -0.05) is 13.8 Å². The van der Waals surface area contributed by atoms with E-state index in [1.165, 1.54) is 92.4 Å². The van der Waals surface area contributed by atoms with Crippen LogP contribution in [0.5, 0.6) is 0 Å². The monoisotopic (exact) mass is 1310 g/mol. The Labute approximate surface area is 524 Å². The fraction of sp³-hybridized carbons (Fsp3) is 1.00. The summed E-state index contributed by atoms with van der Waals surface area (Å²) in [7, 11) is 18.3. The van der Waals surface area contributed by atoms with Crippen LogP contribution in [0.15, 0.2) is 0 Å². The van der Waals surface area contributed by atoms with E-state index < -0.39 is 248 Å². The second-order valence-electron chi connectivity index (χ2n) is 22.8. The number of aliphatic hydroxyl groups excluding tert-OH is 6. The standard InChI is InChI=1S/C57H100O33/c1-16-23-31-39(65-4)45(71-10)52(77-23)87-34-26(19-59)82-56(49(75-14)41(34)67-6)89-36-28(21-61)80-54(47(73-12)43(36)69-8)85-32-24(17-2)78-53(46(72-11)40(32)66-5)88-35-27(20-60)83-57(50(76-15)42(35)68-7)90-37-29(22-62)81-55(48(74-13)44(37)70-9)86-33-25(18-58)79-51(84-31)30(63)38(33)64-3/h23-63H,16-22H2,1-15H3. The van der Waals surface area contributed by atoms with Gasteiger partial charge < -0.3 is 159 Å². The Morgan fingerprint density at radius 2 is 0.367 bits per heavy atom. The van der Waals surface area contributed by atoms with Crippen LogP contribution in [0.1, 0.15) is 26.7 Å². The van der Waals surface area contributed by atoms with Gasteiger partial charge >= 0.3 is 0 Å². The first-order valence-electron chi connectivity index (χ1n) is 30.4. The lowest BCUT2D eigenvalue weighted by molar-refractivity contribution is -0.401. The Morgan fingerprint density at radius 1 is 0.211 bits per heavy atom. The topological polar surface area (TPSA) is 371 Å². The highest BCUT2D eigenvalue weighted by Gasteiger charge is 2.61. The molecule has 0 aromatic heterocycles. The highest BCUT2D eigenvalue weighted by molar-refractivity contribution is 5.04. The third-order valence-corrected chi connectivity index (χ3v) is 18.4. The van der Waals surface area contributed by atoms with Crippen LogP contribution in [0, 0.1) is 0 Å². The average molecular weight is 1310 g/mol. The van der Waals surface area contributed by atoms with E-state index in [2.05, 4.69) is 0 Å². The maximum atomic E-state index is 12.2. The van der Waals surface area contributed by atoms with Gasteiger partial charge in [-0.25, -0.2) is 0 Å². The first kappa shape index (κ1) is 74.5. The highest BCUT2D eigenvalue weighted by Crippen LogP contribution is 2.43. The van der Waals surface area contributed by atoms with Crippen molar-refractivity contribution >= 4 is 0 Å². The van der Waals surface area contributed by atoms with E-state index in [4.69, 9.17) is 128 Å². The van der Waals surface area contributed by atoms with E-state index >= 15 is 0 Å². The van der Waals surface area contributed by atoms with E-state index in [0.717, 1.165) is 0 Å². The summed E-state index contributed by atoms with van der Waals surface area (Å²) >= 11 is 0. The molecular formula is C57H100O33. The van der Waals surface area contributed by atoms with Crippen molar-refractivity contribution < 1.29 is 159 Å². The highest BCUT2D eigenvalue weighted by atomic mass is 16.8. The molecule has 0 aromatic rings. The molecule has 0 saturated carbocycles. The minimum atomic E-state index is -1.63. The van der Waals surface area contributed by atoms with Gasteiger partial charge in [-0.2, -0.15) is 0 Å². The normalized spacial score (nSPS) is 49.1. The van der Waals surface area contributed by atoms with E-state index in [1.54, 1.807) is 0 Å². The number of ether oxygens (including phenoxy) is 27. The van der Waals surface area contributed by atoms with Gasteiger partial charge in [0.25, 0.3) is 0 Å². The lowest BCUT2D eigenvalue weighted by Gasteiger charge is -2.52. The van der Waals surface area contributed by atoms with Gasteiger partial charge in [0, 0.05) is 92.4 Å². The Balaban J connectivity index is 1.18. The van der Waals surface area contributed by atoms with E-state index in [-0.39, 0.29) is 6.42 Å². The lowest BCUT2D eigenvalue weighted by Crippen LogP contribution is -2.69. The maximum Gasteiger partial charge on any atom is 0.187 e. The molecule has 21 fully saturated rings. The molecule has 0 spiro atoms. The smallest absolute Gasteiger partial charge is 0.187 e. The molecule has 0 radical (unpaired) electrons. The fourth-order valence-electron chi connectivity index (χ4n) is 13.9. The van der Waals surface area contributed by atoms with Crippen LogP contribution in [0.4, 0.5) is 0 Å². The number of methoxy groups -OCH3 is 13. The van der Waals surface area contributed by atoms with Crippen molar-refractivity contribution in [3.8, 4) is 0 Å². The molecule has 33 nitrogen and oxygen atoms in total. The SMILES string of the molecule is CCC1OC2OC3C(CO)OC(OC4C(CO)OC(OC5C(CC)OC(OC6C(CO)OC(OC7C(CO)OC(OC8C(CO)OC(OC1C(OC)C2OC)C(O)C8OC)C(OC)C7OC)C(OC)C6OC)C(OC)C5OC)C(OC)C4OC)C(OC)C3OC. The van der Waals surface area contributed by atoms with Crippen LogP contribution in [0.3, 0.4) is 0 Å². The Hall–Kier alpha value is -1.32. The van der Waals surface area contributed by atoms with Crippen molar-refractivity contribution in [1.82, 2.24) is 0 Å². The predicted molar refractivity (Wildman–Crippen MR) is 297 cm³/mol. The summed E-state index contributed by atoms with van der Waals surface area (Å²) in [6, 6.07) is 0. The molecule has 0 aromatic carbocycles. The third kappa shape index (κ3) is 14.9. The van der Waals surface area contributed by atoms with Crippen LogP contribution in [0.25, 0.3) is 0 Å². The molecule has 14 bridgehead atoms. The molecule has 35 atom stereocenters. The lowest BCUT2D eigenvalue weighted by atomic mass is 9.94. The van der Waals surface area contributed by atoms with Crippen molar-refractivity contribution in [1.29, 1.82) is 0 Å². The van der Waals surface area contributed by atoms with Gasteiger partial charge in [0.05, 0.1) is 45.2 Å². The first-order chi connectivity index (χ1) is 43.6. The summed E-state index contributed by atoms with van der Waals surface area (Å²) in [5.74, 6) is 0. The van der Waals surface area contributed by atoms with E-state index in [1.807, 2.05) is 13.8 Å². The largest absolute Gasteiger partial charge is 0.394 e. The van der Waals surface area contributed by atoms with Gasteiger partial charge in [-0.3, -0.25) is 0 Å². The van der Waals surface area contributed by atoms with Gasteiger partial charge in [-0.05, 0) is 12.8 Å². The molecule has 90 heavy (non-hydrogen) atoms. The summed E-state index contributed by atoms with van der Waals surface area (Å²) in [6.45, 7) is 0.416. The first-order valence-corrected chi connectivity index (χ1v) is 30.4. The number of hydrogen-bond donors (Lipinski definition) is 6. The van der Waals surface area contributed by atoms with Crippen LogP contribution < -0.4 is 0 Å². The molecule has 0 amide bonds. The summed E-state index contributed by atoms with van der Waals surface area (Å²) in [5.41, 5.74) is 0. The second-order valence-corrected chi connectivity index (χ2v) is 22.8. The van der Waals surface area contributed by atoms with Gasteiger partial charge in [0.15, 0.2) is 44.0 Å². The van der Waals surface area contributed by atoms with E-state index in [0.29, 0.717) is 6.42 Å². The molecule has 21 rings (SSSR count). The fourth-order valence-corrected chi connectivity index (χ4v) is 13.9. The van der Waals surface area contributed by atoms with Gasteiger partial charge in [-0.15, -0.1) is 0 Å². The summed E-state index contributed by atoms with van der Waals surface area (Å²) < 4.78 is 172. The Bertz CT molecular complexity index is 2060. The van der Waals surface area contributed by atoms with Crippen LogP contribution >= 0.6 is 0 Å². The minimum absolute atomic E-state index is 0.276. The molecule has 0 aliphatic carbocycles. The third-order valence-electron chi connectivity index (χ3n) is 18.4. The van der Waals surface area contributed by atoms with E-state index in [9.17, 15) is 30.6 Å². The minimum Gasteiger partial charge on any atom is -0.394 e. The quantitative estimate of drug-likeness (QED) is 0.0679. The molecule has 526 valence electrons. The van der Waals surface area contributed by atoms with Crippen LogP contribution in [-0.4, -0.2) is 371 Å². The second kappa shape index (κ2) is 34.8. The molecule has 33 heteroatoms. The summed E-state index contributed by atoms with van der Waals surface area (Å²) in [5, 5.41) is 67.7. The van der Waals surface area contributed by atoms with Crippen molar-refractivity contribution in [2.45, 2.75) is 242 Å². The molecule has 21 heterocycles. The Kier molecular flexibility index (Phi) is 28.8. The van der Waals surface area contributed by atoms with Crippen LogP contribution in [-0.2, 0) is 128 Å². The van der Waals surface area contributed by atoms with Crippen molar-refractivity contribution in [2.75, 3.05) is 125 Å². The average Bonchev–Trinajstić information content (AvgIpc) is 0.831. The number of aliphatic hydroxyl groups is 6. The number of rotatable bonds is 20. The molecular weight excluding hydrogens is 1210 g/mol. The number of hydrogen-bond acceptors (Lipinski definition) is 33. The molecule has 21 aliphatic heterocycles. The maximum absolute atomic E-state index is 12.2. The molecule has 35 unspecified atom stereocenters. The van der Waals surface area contributed by atoms with Gasteiger partial charge in [0.1, 0.15) is 159 Å². The summed E-state index contributed by atoms with van der Waals surface area (Å²) in [4.78, 5) is 0. The zero-order valence-electron chi connectivity index (χ0n) is 53.9. The predicted octanol–water partition coefficient (Wildman–Crippen LogP) is -3.89. The van der Waals surface area contributed by atoms with Crippen molar-refractivity contribution in [3.05, 3.63) is 0 Å². The molecule has 6 N–H and O–H groups in total. The summed E-state index contributed by atoms with van der Waals surface area (Å²) in [6.07, 6.45) is -40.5. The Morgan fingerprint density at radius 3 is 0.544 bits per heavy atom. The van der Waals surface area contributed by atoms with Crippen LogP contribution in [0.2, 0.25) is 0 Å². The van der Waals surface area contributed by atoms with Crippen molar-refractivity contribution in [2.24, 2.45) is 0 Å². The molecule has 21 saturated heterocycles. The zero-order valence-corrected chi connectivity index (χ0v) is 53.9. The van der Waals surface area contributed by atoms with Crippen molar-refractivity contribution in [3.63, 3.8) is 0 Å². The van der Waals surface area contributed by atoms with Gasteiger partial charge in [0.2, 0.25) is 0 Å². The molecule has 21 aliphatic rings.